The third kappa shape index (κ3) is 1.89. The Hall–Kier alpha value is -1.20. The molecule has 0 radical (unpaired) electrons. The third-order valence-electron chi connectivity index (χ3n) is 2.79. The first-order chi connectivity index (χ1) is 8.16. The summed E-state index contributed by atoms with van der Waals surface area (Å²) in [5.41, 5.74) is 0.548. The van der Waals surface area contributed by atoms with Gasteiger partial charge < -0.3 is 0 Å². The van der Waals surface area contributed by atoms with Gasteiger partial charge in [0.25, 0.3) is 0 Å². The molecule has 0 unspecified atom stereocenters. The summed E-state index contributed by atoms with van der Waals surface area (Å²) in [5.74, 6) is 0.902. The van der Waals surface area contributed by atoms with Crippen molar-refractivity contribution >= 4 is 23.8 Å². The van der Waals surface area contributed by atoms with Crippen molar-refractivity contribution in [2.24, 2.45) is 0 Å². The fourth-order valence-electron chi connectivity index (χ4n) is 1.81. The molecule has 1 fully saturated rings. The molecule has 1 N–H and O–H groups in total. The van der Waals surface area contributed by atoms with Crippen molar-refractivity contribution in [1.29, 1.82) is 0 Å². The number of H-pyrrole nitrogens is 1. The van der Waals surface area contributed by atoms with Gasteiger partial charge in [0.1, 0.15) is 11.6 Å². The van der Waals surface area contributed by atoms with Crippen LogP contribution in [0.5, 0.6) is 0 Å². The molecule has 0 aliphatic heterocycles. The van der Waals surface area contributed by atoms with E-state index in [1.54, 1.807) is 4.57 Å². The molecule has 17 heavy (non-hydrogen) atoms. The van der Waals surface area contributed by atoms with E-state index in [2.05, 4.69) is 10.2 Å². The highest BCUT2D eigenvalue weighted by atomic mass is 35.5. The summed E-state index contributed by atoms with van der Waals surface area (Å²) in [7, 11) is 0. The van der Waals surface area contributed by atoms with Gasteiger partial charge in [-0.2, -0.15) is 5.10 Å². The van der Waals surface area contributed by atoms with Crippen molar-refractivity contribution in [3.05, 3.63) is 39.6 Å². The number of hydrogen-bond acceptors (Lipinski definition) is 2. The Labute approximate surface area is 107 Å². The molecule has 2 aromatic rings. The Morgan fingerprint density at radius 1 is 1.47 bits per heavy atom. The molecule has 1 aromatic carbocycles. The SMILES string of the molecule is Fc1ccc(Cl)c(-n2c(C3CC3)n[nH]c2=S)c1. The van der Waals surface area contributed by atoms with Gasteiger partial charge in [0.2, 0.25) is 0 Å². The first kappa shape index (κ1) is 10.9. The van der Waals surface area contributed by atoms with Crippen LogP contribution in [0.25, 0.3) is 5.69 Å². The molecule has 0 atom stereocenters. The van der Waals surface area contributed by atoms with Crippen LogP contribution in [-0.2, 0) is 0 Å². The van der Waals surface area contributed by atoms with E-state index in [-0.39, 0.29) is 5.82 Å². The standard InChI is InChI=1S/C11H9ClFN3S/c12-8-4-3-7(13)5-9(8)16-10(6-1-2-6)14-15-11(16)17/h3-6H,1-2H2,(H,15,17). The summed E-state index contributed by atoms with van der Waals surface area (Å²) in [6.45, 7) is 0. The topological polar surface area (TPSA) is 33.6 Å². The number of halogens is 2. The van der Waals surface area contributed by atoms with Crippen LogP contribution in [0.1, 0.15) is 24.6 Å². The molecule has 0 saturated heterocycles. The molecule has 6 heteroatoms. The Morgan fingerprint density at radius 3 is 2.94 bits per heavy atom. The molecule has 1 aliphatic rings. The van der Waals surface area contributed by atoms with E-state index in [9.17, 15) is 4.39 Å². The molecule has 0 spiro atoms. The van der Waals surface area contributed by atoms with Gasteiger partial charge in [-0.05, 0) is 43.3 Å². The summed E-state index contributed by atoms with van der Waals surface area (Å²) < 4.78 is 15.4. The maximum absolute atomic E-state index is 13.3. The fraction of sp³-hybridized carbons (Fsp3) is 0.273. The van der Waals surface area contributed by atoms with Gasteiger partial charge in [0.05, 0.1) is 10.7 Å². The Balaban J connectivity index is 2.23. The molecule has 0 bridgehead atoms. The number of rotatable bonds is 2. The fourth-order valence-corrected chi connectivity index (χ4v) is 2.25. The Kier molecular flexibility index (Phi) is 2.52. The van der Waals surface area contributed by atoms with Crippen molar-refractivity contribution < 1.29 is 4.39 Å². The summed E-state index contributed by atoms with van der Waals surface area (Å²) in [6.07, 6.45) is 2.18. The van der Waals surface area contributed by atoms with Crippen LogP contribution in [-0.4, -0.2) is 14.8 Å². The summed E-state index contributed by atoms with van der Waals surface area (Å²) in [4.78, 5) is 0. The smallest absolute Gasteiger partial charge is 0.199 e. The zero-order valence-corrected chi connectivity index (χ0v) is 10.4. The minimum absolute atomic E-state index is 0.339. The van der Waals surface area contributed by atoms with E-state index < -0.39 is 0 Å². The van der Waals surface area contributed by atoms with E-state index >= 15 is 0 Å². The molecule has 88 valence electrons. The minimum atomic E-state index is -0.339. The number of benzene rings is 1. The molecule has 1 saturated carbocycles. The number of nitrogens with zero attached hydrogens (tertiary/aromatic N) is 2. The lowest BCUT2D eigenvalue weighted by Gasteiger charge is -2.08. The molecular formula is C11H9ClFN3S. The molecule has 3 nitrogen and oxygen atoms in total. The maximum Gasteiger partial charge on any atom is 0.199 e. The zero-order chi connectivity index (χ0) is 12.0. The third-order valence-corrected chi connectivity index (χ3v) is 3.38. The van der Waals surface area contributed by atoms with Gasteiger partial charge in [0, 0.05) is 5.92 Å². The second-order valence-electron chi connectivity index (χ2n) is 4.09. The normalized spacial score (nSPS) is 15.2. The maximum atomic E-state index is 13.3. The lowest BCUT2D eigenvalue weighted by Crippen LogP contribution is -2.01. The summed E-state index contributed by atoms with van der Waals surface area (Å²) in [5, 5.41) is 7.39. The average molecular weight is 270 g/mol. The van der Waals surface area contributed by atoms with Crippen molar-refractivity contribution in [3.8, 4) is 5.69 Å². The van der Waals surface area contributed by atoms with Crippen LogP contribution in [0.4, 0.5) is 4.39 Å². The largest absolute Gasteiger partial charge is 0.270 e. The van der Waals surface area contributed by atoms with Crippen LogP contribution in [0, 0.1) is 10.6 Å². The van der Waals surface area contributed by atoms with Gasteiger partial charge in [-0.25, -0.2) is 4.39 Å². The molecule has 1 aromatic heterocycles. The molecule has 0 amide bonds. The predicted octanol–water partition coefficient (Wildman–Crippen LogP) is 3.60. The van der Waals surface area contributed by atoms with Gasteiger partial charge >= 0.3 is 0 Å². The number of hydrogen-bond donors (Lipinski definition) is 1. The zero-order valence-electron chi connectivity index (χ0n) is 8.78. The van der Waals surface area contributed by atoms with E-state index in [0.717, 1.165) is 18.7 Å². The van der Waals surface area contributed by atoms with Crippen molar-refractivity contribution in [3.63, 3.8) is 0 Å². The highest BCUT2D eigenvalue weighted by Crippen LogP contribution is 2.40. The predicted molar refractivity (Wildman–Crippen MR) is 65.7 cm³/mol. The van der Waals surface area contributed by atoms with E-state index in [0.29, 0.717) is 21.4 Å². The van der Waals surface area contributed by atoms with Gasteiger partial charge in [-0.15, -0.1) is 0 Å². The summed E-state index contributed by atoms with van der Waals surface area (Å²) in [6, 6.07) is 4.23. The van der Waals surface area contributed by atoms with E-state index in [4.69, 9.17) is 23.8 Å². The van der Waals surface area contributed by atoms with Crippen LogP contribution in [0.2, 0.25) is 5.02 Å². The summed E-state index contributed by atoms with van der Waals surface area (Å²) >= 11 is 11.2. The van der Waals surface area contributed by atoms with Crippen molar-refractivity contribution in [2.75, 3.05) is 0 Å². The minimum Gasteiger partial charge on any atom is -0.270 e. The van der Waals surface area contributed by atoms with Gasteiger partial charge in [-0.3, -0.25) is 9.67 Å². The second-order valence-corrected chi connectivity index (χ2v) is 4.89. The molecule has 3 rings (SSSR count). The first-order valence-electron chi connectivity index (χ1n) is 5.29. The van der Waals surface area contributed by atoms with Crippen LogP contribution >= 0.6 is 23.8 Å². The monoisotopic (exact) mass is 269 g/mol. The molecule has 1 heterocycles. The second kappa shape index (κ2) is 3.92. The van der Waals surface area contributed by atoms with Crippen molar-refractivity contribution in [1.82, 2.24) is 14.8 Å². The average Bonchev–Trinajstić information content (AvgIpc) is 3.07. The van der Waals surface area contributed by atoms with E-state index in [1.165, 1.54) is 18.2 Å². The van der Waals surface area contributed by atoms with Crippen LogP contribution in [0.3, 0.4) is 0 Å². The highest BCUT2D eigenvalue weighted by molar-refractivity contribution is 7.71. The highest BCUT2D eigenvalue weighted by Gasteiger charge is 2.30. The lowest BCUT2D eigenvalue weighted by atomic mass is 10.3. The quantitative estimate of drug-likeness (QED) is 0.845. The van der Waals surface area contributed by atoms with Gasteiger partial charge in [-0.1, -0.05) is 11.6 Å². The Bertz CT molecular complexity index is 630. The number of aromatic nitrogens is 3. The lowest BCUT2D eigenvalue weighted by molar-refractivity contribution is 0.626. The van der Waals surface area contributed by atoms with Crippen LogP contribution < -0.4 is 0 Å². The van der Waals surface area contributed by atoms with Crippen LogP contribution in [0.15, 0.2) is 18.2 Å². The van der Waals surface area contributed by atoms with E-state index in [1.807, 2.05) is 0 Å². The van der Waals surface area contributed by atoms with Gasteiger partial charge in [0.15, 0.2) is 4.77 Å². The first-order valence-corrected chi connectivity index (χ1v) is 6.08. The Morgan fingerprint density at radius 2 is 2.24 bits per heavy atom. The van der Waals surface area contributed by atoms with Crippen molar-refractivity contribution in [2.45, 2.75) is 18.8 Å². The number of aromatic amines is 1. The molecular weight excluding hydrogens is 261 g/mol. The number of nitrogens with one attached hydrogen (secondary N) is 1. The molecule has 1 aliphatic carbocycles.